The first kappa shape index (κ1) is 24.6. The van der Waals surface area contributed by atoms with Crippen LogP contribution in [0.25, 0.3) is 0 Å². The Morgan fingerprint density at radius 2 is 1.68 bits per heavy atom. The predicted octanol–water partition coefficient (Wildman–Crippen LogP) is 3.48. The molecule has 2 aromatic carbocycles. The number of ether oxygens (including phenoxy) is 1. The lowest BCUT2D eigenvalue weighted by molar-refractivity contribution is 0.0730. The van der Waals surface area contributed by atoms with Crippen LogP contribution >= 0.6 is 22.9 Å². The number of anilines is 2. The molecule has 1 aromatic heterocycles. The molecular weight excluding hydrogens is 522 g/mol. The summed E-state index contributed by atoms with van der Waals surface area (Å²) >= 11 is 7.24. The molecule has 0 atom stereocenters. The van der Waals surface area contributed by atoms with E-state index in [-0.39, 0.29) is 38.5 Å². The first-order chi connectivity index (χ1) is 16.2. The van der Waals surface area contributed by atoms with Crippen LogP contribution in [0.1, 0.15) is 10.4 Å². The smallest absolute Gasteiger partial charge is 0.271 e. The van der Waals surface area contributed by atoms with Gasteiger partial charge in [-0.3, -0.25) is 9.52 Å². The highest BCUT2D eigenvalue weighted by Gasteiger charge is 2.26. The van der Waals surface area contributed by atoms with Crippen molar-refractivity contribution >= 4 is 60.3 Å². The van der Waals surface area contributed by atoms with Gasteiger partial charge < -0.3 is 10.1 Å². The number of morpholine rings is 1. The Hall–Kier alpha value is -2.48. The van der Waals surface area contributed by atoms with Crippen molar-refractivity contribution in [2.24, 2.45) is 0 Å². The maximum absolute atomic E-state index is 12.9. The number of amides is 1. The van der Waals surface area contributed by atoms with Gasteiger partial charge in [0.1, 0.15) is 4.21 Å². The average molecular weight is 542 g/mol. The van der Waals surface area contributed by atoms with Crippen molar-refractivity contribution in [3.63, 3.8) is 0 Å². The van der Waals surface area contributed by atoms with Gasteiger partial charge in [0.25, 0.3) is 15.9 Å². The van der Waals surface area contributed by atoms with Gasteiger partial charge >= 0.3 is 0 Å². The van der Waals surface area contributed by atoms with Gasteiger partial charge in [-0.25, -0.2) is 16.8 Å². The Morgan fingerprint density at radius 3 is 2.32 bits per heavy atom. The van der Waals surface area contributed by atoms with Gasteiger partial charge in [0.15, 0.2) is 0 Å². The monoisotopic (exact) mass is 541 g/mol. The zero-order chi connectivity index (χ0) is 24.3. The number of rotatable bonds is 7. The summed E-state index contributed by atoms with van der Waals surface area (Å²) in [4.78, 5) is 13.0. The lowest BCUT2D eigenvalue weighted by atomic mass is 10.1. The summed E-state index contributed by atoms with van der Waals surface area (Å²) in [5.41, 5.74) is 0.289. The second kappa shape index (κ2) is 10.0. The van der Waals surface area contributed by atoms with Crippen molar-refractivity contribution in [3.05, 3.63) is 70.6 Å². The molecule has 0 aliphatic carbocycles. The van der Waals surface area contributed by atoms with E-state index < -0.39 is 26.0 Å². The van der Waals surface area contributed by atoms with E-state index in [0.29, 0.717) is 18.9 Å². The number of halogens is 1. The van der Waals surface area contributed by atoms with Crippen molar-refractivity contribution in [2.45, 2.75) is 9.10 Å². The fourth-order valence-corrected chi connectivity index (χ4v) is 7.04. The van der Waals surface area contributed by atoms with Crippen molar-refractivity contribution in [1.29, 1.82) is 0 Å². The summed E-state index contributed by atoms with van der Waals surface area (Å²) in [6, 6.07) is 13.2. The highest BCUT2D eigenvalue weighted by atomic mass is 35.5. The number of nitrogens with one attached hydrogen (secondary N) is 2. The van der Waals surface area contributed by atoms with Gasteiger partial charge in [-0.2, -0.15) is 4.31 Å². The van der Waals surface area contributed by atoms with Gasteiger partial charge in [-0.05, 0) is 47.8 Å². The van der Waals surface area contributed by atoms with E-state index in [1.165, 1.54) is 52.8 Å². The molecule has 4 rings (SSSR count). The van der Waals surface area contributed by atoms with Crippen LogP contribution in [0, 0.1) is 0 Å². The van der Waals surface area contributed by atoms with E-state index in [1.54, 1.807) is 11.4 Å². The van der Waals surface area contributed by atoms with Gasteiger partial charge in [0.05, 0.1) is 34.4 Å². The number of thiophene rings is 1. The third-order valence-corrected chi connectivity index (χ3v) is 9.95. The number of para-hydroxylation sites is 1. The number of hydrogen-bond acceptors (Lipinski definition) is 7. The average Bonchev–Trinajstić information content (AvgIpc) is 3.37. The molecule has 2 N–H and O–H groups in total. The predicted molar refractivity (Wildman–Crippen MR) is 131 cm³/mol. The molecule has 0 bridgehead atoms. The van der Waals surface area contributed by atoms with Crippen LogP contribution in [-0.4, -0.2) is 53.4 Å². The fraction of sp³-hybridized carbons (Fsp3) is 0.190. The van der Waals surface area contributed by atoms with Gasteiger partial charge in [-0.1, -0.05) is 23.7 Å². The van der Waals surface area contributed by atoms with E-state index in [4.69, 9.17) is 16.3 Å². The normalized spacial score (nSPS) is 15.1. The standard InChI is InChI=1S/C21H20ClN3O6S3/c22-18-4-1-3-17(20(18)24-33(27,28)19-5-2-14-32-19)21(26)23-15-6-8-16(9-7-15)34(29,30)25-10-12-31-13-11-25/h1-9,14,24H,10-13H2,(H,23,26). The summed E-state index contributed by atoms with van der Waals surface area (Å²) in [6.07, 6.45) is 0. The Kier molecular flexibility index (Phi) is 7.26. The third-order valence-electron chi connectivity index (χ3n) is 4.97. The van der Waals surface area contributed by atoms with E-state index in [2.05, 4.69) is 10.0 Å². The molecule has 1 aliphatic rings. The number of nitrogens with zero attached hydrogens (tertiary/aromatic N) is 1. The minimum absolute atomic E-state index is 0.0117. The van der Waals surface area contributed by atoms with Crippen molar-refractivity contribution < 1.29 is 26.4 Å². The summed E-state index contributed by atoms with van der Waals surface area (Å²) < 4.78 is 59.8. The molecular formula is C21H20ClN3O6S3. The molecule has 1 saturated heterocycles. The maximum atomic E-state index is 12.9. The lowest BCUT2D eigenvalue weighted by Crippen LogP contribution is -2.40. The molecule has 180 valence electrons. The van der Waals surface area contributed by atoms with Crippen LogP contribution in [0.2, 0.25) is 5.02 Å². The van der Waals surface area contributed by atoms with Crippen LogP contribution in [0.5, 0.6) is 0 Å². The second-order valence-electron chi connectivity index (χ2n) is 7.19. The molecule has 1 fully saturated rings. The molecule has 2 heterocycles. The molecule has 1 aliphatic heterocycles. The van der Waals surface area contributed by atoms with Gasteiger partial charge in [-0.15, -0.1) is 11.3 Å². The fourth-order valence-electron chi connectivity index (χ4n) is 3.26. The summed E-state index contributed by atoms with van der Waals surface area (Å²) in [5, 5.41) is 4.32. The molecule has 0 saturated carbocycles. The number of hydrogen-bond donors (Lipinski definition) is 2. The molecule has 0 unspecified atom stereocenters. The largest absolute Gasteiger partial charge is 0.379 e. The molecule has 0 spiro atoms. The first-order valence-electron chi connectivity index (χ1n) is 10.0. The molecule has 3 aromatic rings. The Bertz CT molecular complexity index is 1390. The van der Waals surface area contributed by atoms with E-state index >= 15 is 0 Å². The van der Waals surface area contributed by atoms with Crippen LogP contribution in [0.15, 0.2) is 69.1 Å². The van der Waals surface area contributed by atoms with Crippen molar-refractivity contribution in [3.8, 4) is 0 Å². The van der Waals surface area contributed by atoms with Crippen LogP contribution in [0.4, 0.5) is 11.4 Å². The zero-order valence-electron chi connectivity index (χ0n) is 17.6. The van der Waals surface area contributed by atoms with Crippen LogP contribution < -0.4 is 10.0 Å². The molecule has 9 nitrogen and oxygen atoms in total. The Morgan fingerprint density at radius 1 is 0.971 bits per heavy atom. The number of benzene rings is 2. The number of carbonyl (C=O) groups excluding carboxylic acids is 1. The number of carbonyl (C=O) groups is 1. The minimum Gasteiger partial charge on any atom is -0.379 e. The third kappa shape index (κ3) is 5.27. The lowest BCUT2D eigenvalue weighted by Gasteiger charge is -2.26. The topological polar surface area (TPSA) is 122 Å². The molecule has 1 amide bonds. The number of sulfonamides is 2. The Labute approximate surface area is 206 Å². The SMILES string of the molecule is O=C(Nc1ccc(S(=O)(=O)N2CCOCC2)cc1)c1cccc(Cl)c1NS(=O)(=O)c1cccs1. The minimum atomic E-state index is -3.93. The van der Waals surface area contributed by atoms with E-state index in [9.17, 15) is 21.6 Å². The van der Waals surface area contributed by atoms with Crippen molar-refractivity contribution in [2.75, 3.05) is 36.3 Å². The van der Waals surface area contributed by atoms with E-state index in [1.807, 2.05) is 0 Å². The highest BCUT2D eigenvalue weighted by Crippen LogP contribution is 2.30. The van der Waals surface area contributed by atoms with E-state index in [0.717, 1.165) is 11.3 Å². The van der Waals surface area contributed by atoms with Crippen molar-refractivity contribution in [1.82, 2.24) is 4.31 Å². The Balaban J connectivity index is 1.54. The molecule has 0 radical (unpaired) electrons. The van der Waals surface area contributed by atoms with Gasteiger partial charge in [0.2, 0.25) is 10.0 Å². The quantitative estimate of drug-likeness (QED) is 0.472. The summed E-state index contributed by atoms with van der Waals surface area (Å²) in [5.74, 6) is -0.616. The van der Waals surface area contributed by atoms with Crippen LogP contribution in [-0.2, 0) is 24.8 Å². The highest BCUT2D eigenvalue weighted by molar-refractivity contribution is 7.94. The zero-order valence-corrected chi connectivity index (χ0v) is 20.8. The summed E-state index contributed by atoms with van der Waals surface area (Å²) in [7, 11) is -7.60. The second-order valence-corrected chi connectivity index (χ2v) is 12.4. The molecule has 34 heavy (non-hydrogen) atoms. The maximum Gasteiger partial charge on any atom is 0.271 e. The molecule has 13 heteroatoms. The summed E-state index contributed by atoms with van der Waals surface area (Å²) in [6.45, 7) is 1.23. The van der Waals surface area contributed by atoms with Gasteiger partial charge in [0, 0.05) is 18.8 Å². The first-order valence-corrected chi connectivity index (χ1v) is 14.2. The van der Waals surface area contributed by atoms with Crippen LogP contribution in [0.3, 0.4) is 0 Å².